The lowest BCUT2D eigenvalue weighted by molar-refractivity contribution is 0.211. The Hall–Kier alpha value is -1.36. The third-order valence-corrected chi connectivity index (χ3v) is 2.57. The number of halogens is 2. The molecule has 1 rings (SSSR count). The Kier molecular flexibility index (Phi) is 5.15. The lowest BCUT2D eigenvalue weighted by Gasteiger charge is -2.18. The van der Waals surface area contributed by atoms with Gasteiger partial charge in [0.1, 0.15) is 6.61 Å². The first-order valence-electron chi connectivity index (χ1n) is 5.68. The van der Waals surface area contributed by atoms with Gasteiger partial charge in [-0.15, -0.1) is 0 Å². The Morgan fingerprint density at radius 2 is 1.71 bits per heavy atom. The molecule has 0 saturated heterocycles. The van der Waals surface area contributed by atoms with E-state index in [2.05, 4.69) is 4.90 Å². The van der Waals surface area contributed by atoms with Gasteiger partial charge in [0, 0.05) is 24.4 Å². The fraction of sp³-hybridized carbons (Fsp3) is 0.500. The van der Waals surface area contributed by atoms with E-state index in [1.165, 1.54) is 0 Å². The summed E-state index contributed by atoms with van der Waals surface area (Å²) in [6.45, 7) is 6.69. The van der Waals surface area contributed by atoms with E-state index in [-0.39, 0.29) is 18.0 Å². The van der Waals surface area contributed by atoms with Crippen molar-refractivity contribution >= 4 is 5.69 Å². The zero-order valence-electron chi connectivity index (χ0n) is 10.2. The normalized spacial score (nSPS) is 10.9. The average molecular weight is 244 g/mol. The quantitative estimate of drug-likeness (QED) is 0.780. The molecule has 0 aliphatic carbocycles. The summed E-state index contributed by atoms with van der Waals surface area (Å²) in [5, 5.41) is 0. The predicted octanol–water partition coefficient (Wildman–Crippen LogP) is 2.27. The molecule has 0 radical (unpaired) electrons. The molecular weight excluding hydrogens is 226 g/mol. The van der Waals surface area contributed by atoms with E-state index in [0.29, 0.717) is 6.54 Å². The van der Waals surface area contributed by atoms with Gasteiger partial charge in [-0.3, -0.25) is 0 Å². The van der Waals surface area contributed by atoms with Gasteiger partial charge in [0.2, 0.25) is 0 Å². The van der Waals surface area contributed by atoms with E-state index in [1.54, 1.807) is 0 Å². The van der Waals surface area contributed by atoms with E-state index in [0.717, 1.165) is 25.2 Å². The van der Waals surface area contributed by atoms with Crippen LogP contribution in [0.1, 0.15) is 13.8 Å². The lowest BCUT2D eigenvalue weighted by atomic mass is 10.3. The minimum absolute atomic E-state index is 0.0519. The Bertz CT molecular complexity index is 345. The molecule has 0 spiro atoms. The summed E-state index contributed by atoms with van der Waals surface area (Å²) in [4.78, 5) is 2.10. The number of likely N-dealkylation sites (N-methyl/N-ethyl adjacent to an activating group) is 1. The number of nitrogens with two attached hydrogens (primary N) is 1. The van der Waals surface area contributed by atoms with Crippen molar-refractivity contribution in [1.29, 1.82) is 0 Å². The van der Waals surface area contributed by atoms with Crippen molar-refractivity contribution in [3.8, 4) is 5.75 Å². The van der Waals surface area contributed by atoms with Crippen molar-refractivity contribution in [3.63, 3.8) is 0 Å². The Morgan fingerprint density at radius 1 is 1.18 bits per heavy atom. The summed E-state index contributed by atoms with van der Waals surface area (Å²) in [6.07, 6.45) is 0. The Balaban J connectivity index is 2.58. The van der Waals surface area contributed by atoms with E-state index in [9.17, 15) is 8.78 Å². The molecule has 0 atom stereocenters. The van der Waals surface area contributed by atoms with Crippen molar-refractivity contribution in [2.45, 2.75) is 13.8 Å². The molecule has 0 unspecified atom stereocenters. The minimum atomic E-state index is -0.762. The SMILES string of the molecule is CCN(CC)CCOc1c(F)cc(N)cc1F. The highest BCUT2D eigenvalue weighted by molar-refractivity contribution is 5.44. The van der Waals surface area contributed by atoms with Gasteiger partial charge in [-0.2, -0.15) is 0 Å². The molecule has 96 valence electrons. The van der Waals surface area contributed by atoms with Crippen molar-refractivity contribution in [1.82, 2.24) is 4.90 Å². The predicted molar refractivity (Wildman–Crippen MR) is 64.1 cm³/mol. The second-order valence-electron chi connectivity index (χ2n) is 3.69. The second kappa shape index (κ2) is 6.39. The number of rotatable bonds is 6. The summed E-state index contributed by atoms with van der Waals surface area (Å²) >= 11 is 0. The zero-order chi connectivity index (χ0) is 12.8. The highest BCUT2D eigenvalue weighted by Gasteiger charge is 2.11. The number of ether oxygens (including phenoxy) is 1. The summed E-state index contributed by atoms with van der Waals surface area (Å²) in [6, 6.07) is 2.10. The first-order valence-corrected chi connectivity index (χ1v) is 5.68. The smallest absolute Gasteiger partial charge is 0.190 e. The highest BCUT2D eigenvalue weighted by Crippen LogP contribution is 2.24. The van der Waals surface area contributed by atoms with Crippen LogP contribution in [-0.4, -0.2) is 31.1 Å². The van der Waals surface area contributed by atoms with E-state index in [1.807, 2.05) is 13.8 Å². The monoisotopic (exact) mass is 244 g/mol. The van der Waals surface area contributed by atoms with Gasteiger partial charge in [-0.25, -0.2) is 8.78 Å². The number of hydrogen-bond donors (Lipinski definition) is 1. The maximum absolute atomic E-state index is 13.3. The molecule has 0 aromatic heterocycles. The van der Waals surface area contributed by atoms with E-state index < -0.39 is 11.6 Å². The van der Waals surface area contributed by atoms with Crippen LogP contribution < -0.4 is 10.5 Å². The molecule has 0 fully saturated rings. The topological polar surface area (TPSA) is 38.5 Å². The van der Waals surface area contributed by atoms with Crippen LogP contribution in [0.5, 0.6) is 5.75 Å². The van der Waals surface area contributed by atoms with Crippen molar-refractivity contribution in [3.05, 3.63) is 23.8 Å². The second-order valence-corrected chi connectivity index (χ2v) is 3.69. The summed E-state index contributed by atoms with van der Waals surface area (Å²) in [5.41, 5.74) is 5.36. The molecule has 0 aliphatic rings. The van der Waals surface area contributed by atoms with Gasteiger partial charge >= 0.3 is 0 Å². The largest absolute Gasteiger partial charge is 0.486 e. The first kappa shape index (κ1) is 13.7. The molecule has 0 heterocycles. The van der Waals surface area contributed by atoms with Gasteiger partial charge in [-0.1, -0.05) is 13.8 Å². The van der Waals surface area contributed by atoms with Crippen molar-refractivity contribution in [2.75, 3.05) is 32.0 Å². The van der Waals surface area contributed by atoms with Crippen LogP contribution in [0.2, 0.25) is 0 Å². The molecule has 17 heavy (non-hydrogen) atoms. The van der Waals surface area contributed by atoms with Crippen LogP contribution in [-0.2, 0) is 0 Å². The molecule has 5 heteroatoms. The highest BCUT2D eigenvalue weighted by atomic mass is 19.1. The molecule has 0 amide bonds. The van der Waals surface area contributed by atoms with Gasteiger partial charge in [0.15, 0.2) is 17.4 Å². The number of nitrogen functional groups attached to an aromatic ring is 1. The molecular formula is C12H18F2N2O. The van der Waals surface area contributed by atoms with E-state index >= 15 is 0 Å². The molecule has 2 N–H and O–H groups in total. The van der Waals surface area contributed by atoms with Crippen LogP contribution >= 0.6 is 0 Å². The Morgan fingerprint density at radius 3 is 2.18 bits per heavy atom. The standard InChI is InChI=1S/C12H18F2N2O/c1-3-16(4-2)5-6-17-12-10(13)7-9(15)8-11(12)14/h7-8H,3-6,15H2,1-2H3. The Labute approximate surface area is 100 Å². The van der Waals surface area contributed by atoms with Crippen molar-refractivity contribution in [2.24, 2.45) is 0 Å². The van der Waals surface area contributed by atoms with Gasteiger partial charge < -0.3 is 15.4 Å². The number of benzene rings is 1. The van der Waals surface area contributed by atoms with Gasteiger partial charge in [0.25, 0.3) is 0 Å². The fourth-order valence-electron chi connectivity index (χ4n) is 1.53. The van der Waals surface area contributed by atoms with E-state index in [4.69, 9.17) is 10.5 Å². The van der Waals surface area contributed by atoms with Crippen LogP contribution in [0.4, 0.5) is 14.5 Å². The molecule has 1 aromatic carbocycles. The van der Waals surface area contributed by atoms with Crippen LogP contribution in [0.15, 0.2) is 12.1 Å². The molecule has 1 aromatic rings. The number of nitrogens with zero attached hydrogens (tertiary/aromatic N) is 1. The molecule has 0 saturated carbocycles. The maximum atomic E-state index is 13.3. The lowest BCUT2D eigenvalue weighted by Crippen LogP contribution is -2.28. The molecule has 3 nitrogen and oxygen atoms in total. The average Bonchev–Trinajstić information content (AvgIpc) is 2.27. The molecule has 0 bridgehead atoms. The van der Waals surface area contributed by atoms with Crippen molar-refractivity contribution < 1.29 is 13.5 Å². The third-order valence-electron chi connectivity index (χ3n) is 2.57. The summed E-state index contributed by atoms with van der Waals surface area (Å²) in [5.74, 6) is -1.88. The summed E-state index contributed by atoms with van der Waals surface area (Å²) in [7, 11) is 0. The summed E-state index contributed by atoms with van der Waals surface area (Å²) < 4.78 is 31.8. The van der Waals surface area contributed by atoms with Crippen LogP contribution in [0, 0.1) is 11.6 Å². The first-order chi connectivity index (χ1) is 8.08. The fourth-order valence-corrected chi connectivity index (χ4v) is 1.53. The van der Waals surface area contributed by atoms with Crippen LogP contribution in [0.3, 0.4) is 0 Å². The number of anilines is 1. The van der Waals surface area contributed by atoms with Crippen LogP contribution in [0.25, 0.3) is 0 Å². The van der Waals surface area contributed by atoms with Gasteiger partial charge in [-0.05, 0) is 13.1 Å². The molecule has 0 aliphatic heterocycles. The minimum Gasteiger partial charge on any atom is -0.486 e. The third kappa shape index (κ3) is 3.85. The zero-order valence-corrected chi connectivity index (χ0v) is 10.2. The van der Waals surface area contributed by atoms with Gasteiger partial charge in [0.05, 0.1) is 0 Å². The maximum Gasteiger partial charge on any atom is 0.190 e. The number of hydrogen-bond acceptors (Lipinski definition) is 3.